The maximum atomic E-state index is 13.2. The minimum Gasteiger partial charge on any atom is -0.497 e. The van der Waals surface area contributed by atoms with Gasteiger partial charge >= 0.3 is 0 Å². The molecule has 3 heteroatoms. The van der Waals surface area contributed by atoms with Gasteiger partial charge in [0.1, 0.15) is 5.75 Å². The van der Waals surface area contributed by atoms with Gasteiger partial charge in [-0.05, 0) is 24.6 Å². The number of hydrogen-bond acceptors (Lipinski definition) is 2. The van der Waals surface area contributed by atoms with Crippen LogP contribution in [0.1, 0.15) is 18.7 Å². The summed E-state index contributed by atoms with van der Waals surface area (Å²) in [6.07, 6.45) is -2.31. The molecule has 1 aromatic rings. The molecule has 13 heavy (non-hydrogen) atoms. The molecule has 0 fully saturated rings. The topological polar surface area (TPSA) is 29.5 Å². The molecule has 0 bridgehead atoms. The molecule has 1 rings (SSSR count). The molecule has 0 aliphatic heterocycles. The average Bonchev–Trinajstić information content (AvgIpc) is 2.17. The van der Waals surface area contributed by atoms with E-state index in [2.05, 4.69) is 0 Å². The second kappa shape index (κ2) is 4.23. The minimum atomic E-state index is -1.33. The Bertz CT molecular complexity index is 256. The maximum Gasteiger partial charge on any atom is 0.151 e. The Labute approximate surface area is 77.0 Å². The molecule has 1 aromatic carbocycles. The van der Waals surface area contributed by atoms with E-state index in [4.69, 9.17) is 9.84 Å². The molecule has 2 nitrogen and oxygen atoms in total. The molecule has 0 aromatic heterocycles. The van der Waals surface area contributed by atoms with Crippen LogP contribution in [-0.4, -0.2) is 18.3 Å². The average molecular weight is 184 g/mol. The monoisotopic (exact) mass is 184 g/mol. The Hall–Kier alpha value is -1.09. The van der Waals surface area contributed by atoms with Gasteiger partial charge in [0.25, 0.3) is 0 Å². The molecule has 0 spiro atoms. The van der Waals surface area contributed by atoms with Crippen LogP contribution >= 0.6 is 0 Å². The summed E-state index contributed by atoms with van der Waals surface area (Å²) in [5, 5.41) is 8.99. The van der Waals surface area contributed by atoms with Gasteiger partial charge in [-0.1, -0.05) is 12.1 Å². The summed E-state index contributed by atoms with van der Waals surface area (Å²) in [5.41, 5.74) is 0.468. The predicted molar refractivity (Wildman–Crippen MR) is 48.5 cm³/mol. The largest absolute Gasteiger partial charge is 0.497 e. The van der Waals surface area contributed by atoms with Crippen LogP contribution in [0.5, 0.6) is 5.75 Å². The van der Waals surface area contributed by atoms with Crippen molar-refractivity contribution in [2.45, 2.75) is 19.2 Å². The summed E-state index contributed by atoms with van der Waals surface area (Å²) in [6, 6.07) is 6.56. The van der Waals surface area contributed by atoms with Crippen molar-refractivity contribution in [2.24, 2.45) is 0 Å². The van der Waals surface area contributed by atoms with Gasteiger partial charge in [0, 0.05) is 0 Å². The lowest BCUT2D eigenvalue weighted by Crippen LogP contribution is -2.09. The van der Waals surface area contributed by atoms with E-state index in [1.165, 1.54) is 6.92 Å². The van der Waals surface area contributed by atoms with Crippen molar-refractivity contribution in [1.82, 2.24) is 0 Å². The van der Waals surface area contributed by atoms with Crippen LogP contribution in [0, 0.1) is 0 Å². The predicted octanol–water partition coefficient (Wildman–Crippen LogP) is 2.09. The highest BCUT2D eigenvalue weighted by atomic mass is 19.1. The van der Waals surface area contributed by atoms with Crippen LogP contribution in [-0.2, 0) is 0 Å². The highest BCUT2D eigenvalue weighted by Gasteiger charge is 2.15. The minimum absolute atomic E-state index is 0.468. The van der Waals surface area contributed by atoms with Gasteiger partial charge in [-0.2, -0.15) is 0 Å². The van der Waals surface area contributed by atoms with E-state index < -0.39 is 12.3 Å². The number of alkyl halides is 1. The summed E-state index contributed by atoms with van der Waals surface area (Å²) in [5.74, 6) is 0.682. The first-order valence-electron chi connectivity index (χ1n) is 4.11. The molecule has 1 N–H and O–H groups in total. The number of rotatable bonds is 3. The van der Waals surface area contributed by atoms with Crippen LogP contribution in [0.4, 0.5) is 4.39 Å². The van der Waals surface area contributed by atoms with Crippen molar-refractivity contribution in [3.8, 4) is 5.75 Å². The van der Waals surface area contributed by atoms with Gasteiger partial charge < -0.3 is 9.84 Å². The highest BCUT2D eigenvalue weighted by molar-refractivity contribution is 5.28. The highest BCUT2D eigenvalue weighted by Crippen LogP contribution is 2.23. The van der Waals surface area contributed by atoms with E-state index >= 15 is 0 Å². The fraction of sp³-hybridized carbons (Fsp3) is 0.400. The fourth-order valence-corrected chi connectivity index (χ4v) is 1.07. The molecule has 0 amide bonds. The van der Waals surface area contributed by atoms with Gasteiger partial charge in [-0.3, -0.25) is 0 Å². The molecular formula is C10H13FO2. The van der Waals surface area contributed by atoms with Crippen molar-refractivity contribution in [3.63, 3.8) is 0 Å². The molecule has 0 unspecified atom stereocenters. The first kappa shape index (κ1) is 9.99. The van der Waals surface area contributed by atoms with Crippen LogP contribution < -0.4 is 4.74 Å². The summed E-state index contributed by atoms with van der Waals surface area (Å²) in [6.45, 7) is 1.43. The first-order chi connectivity index (χ1) is 6.15. The normalized spacial score (nSPS) is 15.1. The third-order valence-electron chi connectivity index (χ3n) is 1.86. The zero-order chi connectivity index (χ0) is 9.84. The van der Waals surface area contributed by atoms with Crippen molar-refractivity contribution >= 4 is 0 Å². The third-order valence-corrected chi connectivity index (χ3v) is 1.86. The van der Waals surface area contributed by atoms with Gasteiger partial charge in [0.2, 0.25) is 0 Å². The van der Waals surface area contributed by atoms with Crippen molar-refractivity contribution in [2.75, 3.05) is 7.11 Å². The van der Waals surface area contributed by atoms with Crippen molar-refractivity contribution < 1.29 is 14.2 Å². The Morgan fingerprint density at radius 3 is 2.23 bits per heavy atom. The number of aliphatic hydroxyl groups excluding tert-OH is 1. The molecule has 0 saturated heterocycles. The zero-order valence-corrected chi connectivity index (χ0v) is 7.70. The molecule has 0 aliphatic rings. The lowest BCUT2D eigenvalue weighted by Gasteiger charge is -2.11. The second-order valence-electron chi connectivity index (χ2n) is 2.92. The number of halogens is 1. The maximum absolute atomic E-state index is 13.2. The van der Waals surface area contributed by atoms with Crippen LogP contribution in [0.2, 0.25) is 0 Å². The van der Waals surface area contributed by atoms with Crippen molar-refractivity contribution in [3.05, 3.63) is 29.8 Å². The summed E-state index contributed by atoms with van der Waals surface area (Å²) in [7, 11) is 1.55. The van der Waals surface area contributed by atoms with Gasteiger partial charge in [-0.25, -0.2) is 4.39 Å². The van der Waals surface area contributed by atoms with Crippen molar-refractivity contribution in [1.29, 1.82) is 0 Å². The van der Waals surface area contributed by atoms with Gasteiger partial charge in [0.15, 0.2) is 6.17 Å². The second-order valence-corrected chi connectivity index (χ2v) is 2.92. The SMILES string of the molecule is COc1ccc([C@@H](F)[C@@H](C)O)cc1. The van der Waals surface area contributed by atoms with Gasteiger partial charge in [-0.15, -0.1) is 0 Å². The molecule has 2 atom stereocenters. The standard InChI is InChI=1S/C10H13FO2/c1-7(12)10(11)8-3-5-9(13-2)6-4-8/h3-7,10,12H,1-2H3/t7-,10+/m1/s1. The van der Waals surface area contributed by atoms with Crippen LogP contribution in [0.3, 0.4) is 0 Å². The lowest BCUT2D eigenvalue weighted by atomic mass is 10.1. The van der Waals surface area contributed by atoms with E-state index in [9.17, 15) is 4.39 Å². The van der Waals surface area contributed by atoms with E-state index in [1.54, 1.807) is 31.4 Å². The van der Waals surface area contributed by atoms with E-state index in [1.807, 2.05) is 0 Å². The fourth-order valence-electron chi connectivity index (χ4n) is 1.07. The molecule has 0 saturated carbocycles. The number of benzene rings is 1. The molecule has 0 heterocycles. The van der Waals surface area contributed by atoms with E-state index in [0.717, 1.165) is 0 Å². The number of ether oxygens (including phenoxy) is 1. The lowest BCUT2D eigenvalue weighted by molar-refractivity contribution is 0.0933. The molecular weight excluding hydrogens is 171 g/mol. The number of aliphatic hydroxyl groups is 1. The third kappa shape index (κ3) is 2.42. The Morgan fingerprint density at radius 1 is 1.31 bits per heavy atom. The van der Waals surface area contributed by atoms with Gasteiger partial charge in [0.05, 0.1) is 13.2 Å². The molecule has 0 aliphatic carbocycles. The summed E-state index contributed by atoms with van der Waals surface area (Å²) in [4.78, 5) is 0. The number of hydrogen-bond donors (Lipinski definition) is 1. The Kier molecular flexibility index (Phi) is 3.25. The summed E-state index contributed by atoms with van der Waals surface area (Å²) < 4.78 is 18.1. The quantitative estimate of drug-likeness (QED) is 0.779. The van der Waals surface area contributed by atoms with E-state index in [-0.39, 0.29) is 0 Å². The molecule has 0 radical (unpaired) electrons. The van der Waals surface area contributed by atoms with Crippen LogP contribution in [0.15, 0.2) is 24.3 Å². The van der Waals surface area contributed by atoms with E-state index in [0.29, 0.717) is 11.3 Å². The summed E-state index contributed by atoms with van der Waals surface area (Å²) >= 11 is 0. The van der Waals surface area contributed by atoms with Crippen LogP contribution in [0.25, 0.3) is 0 Å². The smallest absolute Gasteiger partial charge is 0.151 e. The molecule has 72 valence electrons. The Balaban J connectivity index is 2.79. The zero-order valence-electron chi connectivity index (χ0n) is 7.70. The number of methoxy groups -OCH3 is 1. The first-order valence-corrected chi connectivity index (χ1v) is 4.11. The Morgan fingerprint density at radius 2 is 1.85 bits per heavy atom.